The predicted octanol–water partition coefficient (Wildman–Crippen LogP) is 4.15. The molecule has 3 aromatic rings. The molecule has 0 spiro atoms. The van der Waals surface area contributed by atoms with Crippen LogP contribution in [-0.2, 0) is 0 Å². The van der Waals surface area contributed by atoms with E-state index in [1.54, 1.807) is 48.5 Å². The van der Waals surface area contributed by atoms with Gasteiger partial charge >= 0.3 is 0 Å². The number of phenols is 2. The Morgan fingerprint density at radius 1 is 0.409 bits per heavy atom. The van der Waals surface area contributed by atoms with Crippen LogP contribution in [0.4, 0.5) is 0 Å². The maximum atomic E-state index is 8.63. The summed E-state index contributed by atoms with van der Waals surface area (Å²) in [5.74, 6) is 0.644. The fourth-order valence-corrected chi connectivity index (χ4v) is 1.24. The second-order valence-electron chi connectivity index (χ2n) is 3.83. The quantitative estimate of drug-likeness (QED) is 0.482. The van der Waals surface area contributed by atoms with Crippen LogP contribution < -0.4 is 0 Å². The Labute approximate surface area is 157 Å². The van der Waals surface area contributed by atoms with Crippen LogP contribution in [0.3, 0.4) is 0 Å². The van der Waals surface area contributed by atoms with E-state index in [1.165, 1.54) is 0 Å². The molecule has 1 radical (unpaired) electrons. The molecular weight excluding hydrogens is 302 g/mol. The minimum absolute atomic E-state index is 0. The van der Waals surface area contributed by atoms with E-state index < -0.39 is 0 Å². The van der Waals surface area contributed by atoms with E-state index in [-0.39, 0.29) is 39.5 Å². The van der Waals surface area contributed by atoms with Gasteiger partial charge in [0.15, 0.2) is 0 Å². The van der Waals surface area contributed by atoms with Crippen molar-refractivity contribution >= 4 is 39.5 Å². The van der Waals surface area contributed by atoms with E-state index in [4.69, 9.17) is 10.2 Å². The van der Waals surface area contributed by atoms with Crippen molar-refractivity contribution in [3.63, 3.8) is 0 Å². The number of hydrogen-bond donors (Lipinski definition) is 2. The maximum absolute atomic E-state index is 8.63. The summed E-state index contributed by atoms with van der Waals surface area (Å²) in [5.41, 5.74) is 0. The van der Waals surface area contributed by atoms with Crippen molar-refractivity contribution in [2.24, 2.45) is 0 Å². The number of rotatable bonds is 0. The van der Waals surface area contributed by atoms with E-state index in [0.29, 0.717) is 11.5 Å². The third kappa shape index (κ3) is 13.7. The molecule has 0 saturated heterocycles. The number of hydrogen-bond acceptors (Lipinski definition) is 2. The van der Waals surface area contributed by atoms with Gasteiger partial charge in [-0.25, -0.2) is 0 Å². The van der Waals surface area contributed by atoms with Gasteiger partial charge in [0.1, 0.15) is 11.5 Å². The first kappa shape index (κ1) is 23.0. The molecule has 1 unspecified atom stereocenters. The van der Waals surface area contributed by atoms with Gasteiger partial charge in [-0.05, 0) is 24.3 Å². The molecule has 22 heavy (non-hydrogen) atoms. The standard InChI is InChI=1S/2C6H6O.C6H6.Na.H3P/c2*7-6-4-2-1-3-5-6;1-2-4-6-5-3-1;;/h2*1-5,7H;1-6H;;1H3. The molecule has 1 atom stereocenters. The average molecular weight is 323 g/mol. The SMILES string of the molecule is Oc1ccccc1.Oc1ccccc1.P.[Na].c1ccccc1. The normalized spacial score (nSPS) is 7.64. The fraction of sp³-hybridized carbons (Fsp3) is 0. The van der Waals surface area contributed by atoms with Crippen LogP contribution in [0.2, 0.25) is 0 Å². The minimum atomic E-state index is 0. The van der Waals surface area contributed by atoms with E-state index in [2.05, 4.69) is 0 Å². The van der Waals surface area contributed by atoms with Crippen LogP contribution in [-0.4, -0.2) is 39.8 Å². The molecule has 3 aromatic carbocycles. The first-order valence-corrected chi connectivity index (χ1v) is 6.27. The monoisotopic (exact) mass is 323 g/mol. The summed E-state index contributed by atoms with van der Waals surface area (Å²) in [6, 6.07) is 29.4. The molecule has 0 saturated carbocycles. The smallest absolute Gasteiger partial charge is 0.115 e. The molecule has 0 aliphatic heterocycles. The van der Waals surface area contributed by atoms with Crippen LogP contribution in [0.15, 0.2) is 97.1 Å². The Morgan fingerprint density at radius 2 is 0.591 bits per heavy atom. The summed E-state index contributed by atoms with van der Waals surface area (Å²) in [5, 5.41) is 17.3. The van der Waals surface area contributed by atoms with Crippen molar-refractivity contribution in [3.05, 3.63) is 97.1 Å². The molecule has 111 valence electrons. The summed E-state index contributed by atoms with van der Waals surface area (Å²) >= 11 is 0. The van der Waals surface area contributed by atoms with Gasteiger partial charge in [0.05, 0.1) is 0 Å². The summed E-state index contributed by atoms with van der Waals surface area (Å²) in [6.45, 7) is 0. The van der Waals surface area contributed by atoms with Crippen molar-refractivity contribution in [1.29, 1.82) is 0 Å². The largest absolute Gasteiger partial charge is 0.508 e. The molecule has 0 fully saturated rings. The molecular formula is C18H21NaO2P. The topological polar surface area (TPSA) is 40.5 Å². The number of phenolic OH excluding ortho intramolecular Hbond substituents is 2. The van der Waals surface area contributed by atoms with E-state index >= 15 is 0 Å². The molecule has 0 aliphatic rings. The zero-order chi connectivity index (χ0) is 14.5. The number of para-hydroxylation sites is 2. The molecule has 2 N–H and O–H groups in total. The molecule has 2 nitrogen and oxygen atoms in total. The molecule has 3 rings (SSSR count). The van der Waals surface area contributed by atoms with Gasteiger partial charge in [-0.15, -0.1) is 0 Å². The minimum Gasteiger partial charge on any atom is -0.508 e. The van der Waals surface area contributed by atoms with Crippen molar-refractivity contribution in [2.45, 2.75) is 0 Å². The van der Waals surface area contributed by atoms with Gasteiger partial charge in [0.25, 0.3) is 0 Å². The van der Waals surface area contributed by atoms with Crippen LogP contribution >= 0.6 is 9.90 Å². The summed E-state index contributed by atoms with van der Waals surface area (Å²) < 4.78 is 0. The van der Waals surface area contributed by atoms with Gasteiger partial charge in [0, 0.05) is 29.6 Å². The molecule has 0 bridgehead atoms. The van der Waals surface area contributed by atoms with Crippen LogP contribution in [0.25, 0.3) is 0 Å². The van der Waals surface area contributed by atoms with Crippen molar-refractivity contribution in [1.82, 2.24) is 0 Å². The van der Waals surface area contributed by atoms with Gasteiger partial charge in [-0.1, -0.05) is 72.8 Å². The average Bonchev–Trinajstić information content (AvgIpc) is 2.52. The third-order valence-corrected chi connectivity index (χ3v) is 2.18. The van der Waals surface area contributed by atoms with Crippen molar-refractivity contribution in [2.75, 3.05) is 0 Å². The maximum Gasteiger partial charge on any atom is 0.115 e. The number of aromatic hydroxyl groups is 2. The Balaban J connectivity index is 0. The van der Waals surface area contributed by atoms with Crippen molar-refractivity contribution < 1.29 is 10.2 Å². The Kier molecular flexibility index (Phi) is 16.8. The van der Waals surface area contributed by atoms with Crippen LogP contribution in [0.5, 0.6) is 11.5 Å². The van der Waals surface area contributed by atoms with Gasteiger partial charge < -0.3 is 10.2 Å². The predicted molar refractivity (Wildman–Crippen MR) is 99.5 cm³/mol. The number of benzene rings is 3. The van der Waals surface area contributed by atoms with Gasteiger partial charge in [-0.3, -0.25) is 0 Å². The molecule has 0 heterocycles. The van der Waals surface area contributed by atoms with Crippen LogP contribution in [0.1, 0.15) is 0 Å². The zero-order valence-corrected chi connectivity index (χ0v) is 16.3. The Bertz CT molecular complexity index is 484. The molecule has 0 aromatic heterocycles. The van der Waals surface area contributed by atoms with Crippen molar-refractivity contribution in [3.8, 4) is 11.5 Å². The van der Waals surface area contributed by atoms with Gasteiger partial charge in [-0.2, -0.15) is 9.90 Å². The second-order valence-corrected chi connectivity index (χ2v) is 3.83. The molecule has 0 aliphatic carbocycles. The summed E-state index contributed by atoms with van der Waals surface area (Å²) in [7, 11) is 0. The fourth-order valence-electron chi connectivity index (χ4n) is 1.24. The third-order valence-electron chi connectivity index (χ3n) is 2.18. The summed E-state index contributed by atoms with van der Waals surface area (Å²) in [4.78, 5) is 0. The first-order valence-electron chi connectivity index (χ1n) is 6.27. The van der Waals surface area contributed by atoms with E-state index in [9.17, 15) is 0 Å². The molecule has 4 heteroatoms. The zero-order valence-electron chi connectivity index (χ0n) is 12.8. The molecule has 0 amide bonds. The van der Waals surface area contributed by atoms with Gasteiger partial charge in [0.2, 0.25) is 0 Å². The first-order chi connectivity index (χ1) is 9.79. The summed E-state index contributed by atoms with van der Waals surface area (Å²) in [6.07, 6.45) is 0. The van der Waals surface area contributed by atoms with E-state index in [0.717, 1.165) is 0 Å². The Hall–Kier alpha value is -1.31. The van der Waals surface area contributed by atoms with Crippen LogP contribution in [0, 0.1) is 0 Å². The second kappa shape index (κ2) is 16.1. The Morgan fingerprint density at radius 3 is 0.727 bits per heavy atom. The van der Waals surface area contributed by atoms with E-state index in [1.807, 2.05) is 48.5 Å².